The first-order valence-corrected chi connectivity index (χ1v) is 6.87. The SMILES string of the molecule is CCc1c(NC)ncnc1NCCc1nccs1. The second kappa shape index (κ2) is 6.30. The molecule has 0 fully saturated rings. The van der Waals surface area contributed by atoms with Crippen LogP contribution in [0.5, 0.6) is 0 Å². The van der Waals surface area contributed by atoms with Crippen molar-refractivity contribution < 1.29 is 0 Å². The maximum Gasteiger partial charge on any atom is 0.134 e. The van der Waals surface area contributed by atoms with Crippen molar-refractivity contribution in [1.29, 1.82) is 0 Å². The fraction of sp³-hybridized carbons (Fsp3) is 0.417. The van der Waals surface area contributed by atoms with E-state index in [2.05, 4.69) is 32.5 Å². The van der Waals surface area contributed by atoms with Crippen molar-refractivity contribution >= 4 is 23.0 Å². The second-order valence-corrected chi connectivity index (χ2v) is 4.73. The molecule has 0 bridgehead atoms. The van der Waals surface area contributed by atoms with Gasteiger partial charge in [0.05, 0.1) is 5.01 Å². The Kier molecular flexibility index (Phi) is 4.46. The first-order valence-electron chi connectivity index (χ1n) is 5.99. The van der Waals surface area contributed by atoms with Gasteiger partial charge >= 0.3 is 0 Å². The van der Waals surface area contributed by atoms with Crippen molar-refractivity contribution in [2.45, 2.75) is 19.8 Å². The van der Waals surface area contributed by atoms with Gasteiger partial charge in [-0.1, -0.05) is 6.92 Å². The Morgan fingerprint density at radius 3 is 2.72 bits per heavy atom. The van der Waals surface area contributed by atoms with Crippen LogP contribution in [0.25, 0.3) is 0 Å². The minimum atomic E-state index is 0.834. The molecule has 0 unspecified atom stereocenters. The normalized spacial score (nSPS) is 10.3. The summed E-state index contributed by atoms with van der Waals surface area (Å²) >= 11 is 1.68. The van der Waals surface area contributed by atoms with Gasteiger partial charge < -0.3 is 10.6 Å². The fourth-order valence-corrected chi connectivity index (χ4v) is 2.40. The maximum absolute atomic E-state index is 4.30. The molecule has 2 aromatic rings. The lowest BCUT2D eigenvalue weighted by Crippen LogP contribution is -2.10. The Labute approximate surface area is 111 Å². The van der Waals surface area contributed by atoms with Crippen LogP contribution >= 0.6 is 11.3 Å². The van der Waals surface area contributed by atoms with Gasteiger partial charge in [0.1, 0.15) is 18.0 Å². The van der Waals surface area contributed by atoms with Crippen LogP contribution in [0.2, 0.25) is 0 Å². The summed E-state index contributed by atoms with van der Waals surface area (Å²) in [6.45, 7) is 2.94. The molecule has 2 N–H and O–H groups in total. The summed E-state index contributed by atoms with van der Waals surface area (Å²) in [5, 5.41) is 9.58. The Balaban J connectivity index is 2.00. The number of anilines is 2. The van der Waals surface area contributed by atoms with Crippen LogP contribution in [0.3, 0.4) is 0 Å². The zero-order chi connectivity index (χ0) is 12.8. The molecule has 2 rings (SSSR count). The minimum Gasteiger partial charge on any atom is -0.373 e. The summed E-state index contributed by atoms with van der Waals surface area (Å²) in [6, 6.07) is 0. The molecule has 2 heterocycles. The number of aromatic nitrogens is 3. The van der Waals surface area contributed by atoms with E-state index in [9.17, 15) is 0 Å². The quantitative estimate of drug-likeness (QED) is 0.836. The van der Waals surface area contributed by atoms with E-state index in [1.807, 2.05) is 18.6 Å². The monoisotopic (exact) mass is 263 g/mol. The maximum atomic E-state index is 4.30. The molecular weight excluding hydrogens is 246 g/mol. The van der Waals surface area contributed by atoms with Gasteiger partial charge in [-0.3, -0.25) is 0 Å². The van der Waals surface area contributed by atoms with Crippen LogP contribution in [-0.4, -0.2) is 28.5 Å². The lowest BCUT2D eigenvalue weighted by molar-refractivity contribution is 0.963. The third-order valence-corrected chi connectivity index (χ3v) is 3.49. The van der Waals surface area contributed by atoms with Gasteiger partial charge in [0, 0.05) is 37.2 Å². The number of thiazole rings is 1. The highest BCUT2D eigenvalue weighted by atomic mass is 32.1. The topological polar surface area (TPSA) is 62.7 Å². The number of nitrogens with one attached hydrogen (secondary N) is 2. The third-order valence-electron chi connectivity index (χ3n) is 2.65. The molecule has 0 aliphatic heterocycles. The predicted octanol–water partition coefficient (Wildman–Crippen LogP) is 2.19. The smallest absolute Gasteiger partial charge is 0.134 e. The van der Waals surface area contributed by atoms with E-state index in [-0.39, 0.29) is 0 Å². The number of hydrogen-bond acceptors (Lipinski definition) is 6. The van der Waals surface area contributed by atoms with E-state index < -0.39 is 0 Å². The lowest BCUT2D eigenvalue weighted by atomic mass is 10.2. The van der Waals surface area contributed by atoms with Gasteiger partial charge in [-0.15, -0.1) is 11.3 Å². The van der Waals surface area contributed by atoms with Gasteiger partial charge in [0.25, 0.3) is 0 Å². The Morgan fingerprint density at radius 2 is 2.06 bits per heavy atom. The van der Waals surface area contributed by atoms with Crippen molar-refractivity contribution in [2.24, 2.45) is 0 Å². The molecule has 0 saturated heterocycles. The van der Waals surface area contributed by atoms with Crippen LogP contribution < -0.4 is 10.6 Å². The van der Waals surface area contributed by atoms with Crippen molar-refractivity contribution in [2.75, 3.05) is 24.2 Å². The van der Waals surface area contributed by atoms with E-state index in [1.165, 1.54) is 0 Å². The molecule has 0 aliphatic rings. The largest absolute Gasteiger partial charge is 0.373 e. The third kappa shape index (κ3) is 2.95. The molecular formula is C12H17N5S. The first-order chi connectivity index (χ1) is 8.85. The lowest BCUT2D eigenvalue weighted by Gasteiger charge is -2.12. The summed E-state index contributed by atoms with van der Waals surface area (Å²) in [7, 11) is 1.88. The molecule has 0 atom stereocenters. The second-order valence-electron chi connectivity index (χ2n) is 3.76. The molecule has 0 saturated carbocycles. The molecule has 5 nitrogen and oxygen atoms in total. The van der Waals surface area contributed by atoms with Crippen LogP contribution in [0.1, 0.15) is 17.5 Å². The average molecular weight is 263 g/mol. The molecule has 0 amide bonds. The number of nitrogens with zero attached hydrogens (tertiary/aromatic N) is 3. The summed E-state index contributed by atoms with van der Waals surface area (Å²) in [5.74, 6) is 1.80. The van der Waals surface area contributed by atoms with E-state index in [1.54, 1.807) is 17.7 Å². The van der Waals surface area contributed by atoms with Gasteiger partial charge in [-0.25, -0.2) is 15.0 Å². The number of hydrogen-bond donors (Lipinski definition) is 2. The Hall–Kier alpha value is -1.69. The molecule has 18 heavy (non-hydrogen) atoms. The summed E-state index contributed by atoms with van der Waals surface area (Å²) in [6.07, 6.45) is 5.23. The average Bonchev–Trinajstić information content (AvgIpc) is 2.91. The van der Waals surface area contributed by atoms with E-state index >= 15 is 0 Å². The van der Waals surface area contributed by atoms with Gasteiger partial charge in [-0.2, -0.15) is 0 Å². The predicted molar refractivity (Wildman–Crippen MR) is 75.3 cm³/mol. The first kappa shape index (κ1) is 12.8. The standard InChI is InChI=1S/C12H17N5S/c1-3-9-11(13-2)16-8-17-12(9)15-5-4-10-14-6-7-18-10/h6-8H,3-5H2,1-2H3,(H2,13,15,16,17). The van der Waals surface area contributed by atoms with Crippen LogP contribution in [-0.2, 0) is 12.8 Å². The fourth-order valence-electron chi connectivity index (χ4n) is 1.78. The van der Waals surface area contributed by atoms with Crippen LogP contribution in [0.15, 0.2) is 17.9 Å². The van der Waals surface area contributed by atoms with Crippen LogP contribution in [0, 0.1) is 0 Å². The Morgan fingerprint density at radius 1 is 1.22 bits per heavy atom. The van der Waals surface area contributed by atoms with Crippen molar-refractivity contribution in [3.05, 3.63) is 28.5 Å². The molecule has 0 aromatic carbocycles. The van der Waals surface area contributed by atoms with E-state index in [4.69, 9.17) is 0 Å². The van der Waals surface area contributed by atoms with Gasteiger partial charge in [0.15, 0.2) is 0 Å². The van der Waals surface area contributed by atoms with Crippen LogP contribution in [0.4, 0.5) is 11.6 Å². The summed E-state index contributed by atoms with van der Waals surface area (Å²) in [5.41, 5.74) is 1.12. The zero-order valence-electron chi connectivity index (χ0n) is 10.6. The van der Waals surface area contributed by atoms with E-state index in [0.717, 1.165) is 41.6 Å². The summed E-state index contributed by atoms with van der Waals surface area (Å²) < 4.78 is 0. The molecule has 0 aliphatic carbocycles. The van der Waals surface area contributed by atoms with E-state index in [0.29, 0.717) is 0 Å². The highest BCUT2D eigenvalue weighted by Crippen LogP contribution is 2.19. The Bertz CT molecular complexity index is 483. The molecule has 6 heteroatoms. The highest BCUT2D eigenvalue weighted by molar-refractivity contribution is 7.09. The van der Waals surface area contributed by atoms with Crippen molar-refractivity contribution in [3.8, 4) is 0 Å². The minimum absolute atomic E-state index is 0.834. The van der Waals surface area contributed by atoms with Gasteiger partial charge in [0.2, 0.25) is 0 Å². The molecule has 0 spiro atoms. The molecule has 96 valence electrons. The molecule has 2 aromatic heterocycles. The van der Waals surface area contributed by atoms with Gasteiger partial charge in [-0.05, 0) is 6.42 Å². The zero-order valence-corrected chi connectivity index (χ0v) is 11.4. The van der Waals surface area contributed by atoms with Crippen molar-refractivity contribution in [3.63, 3.8) is 0 Å². The molecule has 0 radical (unpaired) electrons. The highest BCUT2D eigenvalue weighted by Gasteiger charge is 2.08. The number of rotatable bonds is 6. The summed E-state index contributed by atoms with van der Waals surface area (Å²) in [4.78, 5) is 12.8. The van der Waals surface area contributed by atoms with Crippen molar-refractivity contribution in [1.82, 2.24) is 15.0 Å².